The van der Waals surface area contributed by atoms with E-state index in [1.165, 1.54) is 6.26 Å². The van der Waals surface area contributed by atoms with Crippen molar-refractivity contribution in [2.45, 2.75) is 32.2 Å². The molecule has 20 heavy (non-hydrogen) atoms. The molecular weight excluding hydrogens is 260 g/mol. The van der Waals surface area contributed by atoms with E-state index < -0.39 is 11.9 Å². The first-order chi connectivity index (χ1) is 9.56. The van der Waals surface area contributed by atoms with Gasteiger partial charge in [-0.05, 0) is 38.3 Å². The van der Waals surface area contributed by atoms with E-state index in [1.54, 1.807) is 31.0 Å². The minimum absolute atomic E-state index is 0.145. The number of furan rings is 1. The SMILES string of the molecule is CC(NC(=O)c1ccco1)C(=O)N(C)CCCCCO. The fourth-order valence-electron chi connectivity index (χ4n) is 1.82. The monoisotopic (exact) mass is 282 g/mol. The van der Waals surface area contributed by atoms with Crippen LogP contribution in [0.3, 0.4) is 0 Å². The summed E-state index contributed by atoms with van der Waals surface area (Å²) in [5, 5.41) is 11.3. The van der Waals surface area contributed by atoms with Gasteiger partial charge in [0.25, 0.3) is 5.91 Å². The summed E-state index contributed by atoms with van der Waals surface area (Å²) in [5.74, 6) is -0.353. The molecule has 1 rings (SSSR count). The number of likely N-dealkylation sites (N-methyl/N-ethyl adjacent to an activating group) is 1. The van der Waals surface area contributed by atoms with Gasteiger partial charge in [-0.3, -0.25) is 9.59 Å². The van der Waals surface area contributed by atoms with Crippen molar-refractivity contribution in [2.75, 3.05) is 20.2 Å². The van der Waals surface area contributed by atoms with Gasteiger partial charge in [-0.25, -0.2) is 0 Å². The number of hydrogen-bond acceptors (Lipinski definition) is 4. The fourth-order valence-corrected chi connectivity index (χ4v) is 1.82. The second-order valence-corrected chi connectivity index (χ2v) is 4.72. The molecule has 1 aromatic rings. The molecule has 0 saturated heterocycles. The zero-order valence-electron chi connectivity index (χ0n) is 12.0. The lowest BCUT2D eigenvalue weighted by atomic mass is 10.2. The lowest BCUT2D eigenvalue weighted by Crippen LogP contribution is -2.45. The van der Waals surface area contributed by atoms with Gasteiger partial charge in [0.2, 0.25) is 5.91 Å². The molecule has 1 aromatic heterocycles. The minimum Gasteiger partial charge on any atom is -0.459 e. The average Bonchev–Trinajstić information content (AvgIpc) is 2.96. The van der Waals surface area contributed by atoms with Gasteiger partial charge in [-0.15, -0.1) is 0 Å². The zero-order valence-corrected chi connectivity index (χ0v) is 12.0. The molecule has 0 bridgehead atoms. The molecule has 0 saturated carbocycles. The summed E-state index contributed by atoms with van der Waals surface area (Å²) in [4.78, 5) is 25.4. The van der Waals surface area contributed by atoms with Crippen molar-refractivity contribution in [3.05, 3.63) is 24.2 Å². The molecule has 0 fully saturated rings. The van der Waals surface area contributed by atoms with Gasteiger partial charge in [-0.2, -0.15) is 0 Å². The number of amides is 2. The van der Waals surface area contributed by atoms with Crippen LogP contribution in [0.2, 0.25) is 0 Å². The van der Waals surface area contributed by atoms with E-state index in [2.05, 4.69) is 5.32 Å². The fraction of sp³-hybridized carbons (Fsp3) is 0.571. The van der Waals surface area contributed by atoms with Crippen LogP contribution in [0.1, 0.15) is 36.7 Å². The Bertz CT molecular complexity index is 417. The molecule has 0 spiro atoms. The first-order valence-corrected chi connectivity index (χ1v) is 6.76. The van der Waals surface area contributed by atoms with Crippen LogP contribution < -0.4 is 5.32 Å². The number of unbranched alkanes of at least 4 members (excludes halogenated alkanes) is 2. The molecule has 1 unspecified atom stereocenters. The van der Waals surface area contributed by atoms with Gasteiger partial charge in [0.15, 0.2) is 5.76 Å². The van der Waals surface area contributed by atoms with Crippen molar-refractivity contribution >= 4 is 11.8 Å². The second-order valence-electron chi connectivity index (χ2n) is 4.72. The lowest BCUT2D eigenvalue weighted by molar-refractivity contribution is -0.131. The van der Waals surface area contributed by atoms with E-state index >= 15 is 0 Å². The Morgan fingerprint density at radius 3 is 2.75 bits per heavy atom. The number of carbonyl (C=O) groups is 2. The maximum Gasteiger partial charge on any atom is 0.287 e. The molecule has 0 aliphatic rings. The quantitative estimate of drug-likeness (QED) is 0.697. The van der Waals surface area contributed by atoms with Gasteiger partial charge >= 0.3 is 0 Å². The molecule has 2 amide bonds. The standard InChI is InChI=1S/C14H22N2O4/c1-11(15-13(18)12-7-6-10-20-12)14(19)16(2)8-4-3-5-9-17/h6-7,10-11,17H,3-5,8-9H2,1-2H3,(H,15,18). The molecule has 2 N–H and O–H groups in total. The Hall–Kier alpha value is -1.82. The average molecular weight is 282 g/mol. The molecule has 6 nitrogen and oxygen atoms in total. The highest BCUT2D eigenvalue weighted by atomic mass is 16.3. The summed E-state index contributed by atoms with van der Waals surface area (Å²) in [7, 11) is 1.71. The first-order valence-electron chi connectivity index (χ1n) is 6.76. The number of nitrogens with one attached hydrogen (secondary N) is 1. The van der Waals surface area contributed by atoms with Crippen LogP contribution in [0.15, 0.2) is 22.8 Å². The molecule has 1 heterocycles. The Morgan fingerprint density at radius 1 is 1.40 bits per heavy atom. The van der Waals surface area contributed by atoms with Gasteiger partial charge < -0.3 is 19.7 Å². The third kappa shape index (κ3) is 5.05. The largest absolute Gasteiger partial charge is 0.459 e. The van der Waals surface area contributed by atoms with Crippen LogP contribution in [0.5, 0.6) is 0 Å². The van der Waals surface area contributed by atoms with Crippen molar-refractivity contribution in [2.24, 2.45) is 0 Å². The highest BCUT2D eigenvalue weighted by Crippen LogP contribution is 2.02. The summed E-state index contributed by atoms with van der Waals surface area (Å²) < 4.78 is 4.97. The first kappa shape index (κ1) is 16.2. The topological polar surface area (TPSA) is 82.8 Å². The third-order valence-electron chi connectivity index (χ3n) is 2.99. The van der Waals surface area contributed by atoms with Crippen molar-refractivity contribution in [3.8, 4) is 0 Å². The molecule has 0 aliphatic heterocycles. The van der Waals surface area contributed by atoms with Crippen LogP contribution >= 0.6 is 0 Å². The Morgan fingerprint density at radius 2 is 2.15 bits per heavy atom. The normalized spacial score (nSPS) is 11.9. The summed E-state index contributed by atoms with van der Waals surface area (Å²) in [6.07, 6.45) is 3.87. The van der Waals surface area contributed by atoms with Gasteiger partial charge in [0.05, 0.1) is 6.26 Å². The Labute approximate surface area is 118 Å². The third-order valence-corrected chi connectivity index (χ3v) is 2.99. The van der Waals surface area contributed by atoms with E-state index in [4.69, 9.17) is 9.52 Å². The molecule has 112 valence electrons. The number of aliphatic hydroxyl groups excluding tert-OH is 1. The van der Waals surface area contributed by atoms with Crippen LogP contribution in [0, 0.1) is 0 Å². The van der Waals surface area contributed by atoms with Gasteiger partial charge in [-0.1, -0.05) is 0 Å². The number of hydrogen-bond donors (Lipinski definition) is 2. The van der Waals surface area contributed by atoms with E-state index in [0.29, 0.717) is 6.54 Å². The van der Waals surface area contributed by atoms with Crippen molar-refractivity contribution < 1.29 is 19.1 Å². The lowest BCUT2D eigenvalue weighted by Gasteiger charge is -2.21. The molecule has 1 atom stereocenters. The second kappa shape index (κ2) is 8.37. The van der Waals surface area contributed by atoms with Gasteiger partial charge in [0.1, 0.15) is 6.04 Å². The summed E-state index contributed by atoms with van der Waals surface area (Å²) in [6.45, 7) is 2.43. The number of carbonyl (C=O) groups excluding carboxylic acids is 2. The van der Waals surface area contributed by atoms with Crippen molar-refractivity contribution in [1.82, 2.24) is 10.2 Å². The van der Waals surface area contributed by atoms with E-state index in [9.17, 15) is 9.59 Å². The van der Waals surface area contributed by atoms with E-state index in [-0.39, 0.29) is 18.3 Å². The molecule has 6 heteroatoms. The van der Waals surface area contributed by atoms with Crippen LogP contribution in [0.25, 0.3) is 0 Å². The zero-order chi connectivity index (χ0) is 15.0. The van der Waals surface area contributed by atoms with E-state index in [0.717, 1.165) is 19.3 Å². The van der Waals surface area contributed by atoms with E-state index in [1.807, 2.05) is 0 Å². The van der Waals surface area contributed by atoms with Crippen molar-refractivity contribution in [1.29, 1.82) is 0 Å². The molecule has 0 radical (unpaired) electrons. The maximum atomic E-state index is 12.0. The van der Waals surface area contributed by atoms with Gasteiger partial charge in [0, 0.05) is 20.2 Å². The predicted octanol–water partition coefficient (Wildman–Crippen LogP) is 1.02. The highest BCUT2D eigenvalue weighted by Gasteiger charge is 2.20. The highest BCUT2D eigenvalue weighted by molar-refractivity contribution is 5.95. The Kier molecular flexibility index (Phi) is 6.79. The molecule has 0 aliphatic carbocycles. The Balaban J connectivity index is 2.36. The van der Waals surface area contributed by atoms with Crippen LogP contribution in [-0.2, 0) is 4.79 Å². The maximum absolute atomic E-state index is 12.0. The number of nitrogens with zero attached hydrogens (tertiary/aromatic N) is 1. The smallest absolute Gasteiger partial charge is 0.287 e. The summed E-state index contributed by atoms with van der Waals surface area (Å²) in [5.41, 5.74) is 0. The minimum atomic E-state index is -0.601. The van der Waals surface area contributed by atoms with Crippen LogP contribution in [0.4, 0.5) is 0 Å². The van der Waals surface area contributed by atoms with Crippen molar-refractivity contribution in [3.63, 3.8) is 0 Å². The molecule has 0 aromatic carbocycles. The van der Waals surface area contributed by atoms with Crippen LogP contribution in [-0.4, -0.2) is 48.1 Å². The predicted molar refractivity (Wildman–Crippen MR) is 74.2 cm³/mol. The number of rotatable bonds is 8. The summed E-state index contributed by atoms with van der Waals surface area (Å²) in [6, 6.07) is 2.57. The molecular formula is C14H22N2O4. The number of aliphatic hydroxyl groups is 1. The summed E-state index contributed by atoms with van der Waals surface area (Å²) >= 11 is 0.